The molecule has 1 fully saturated rings. The Balaban J connectivity index is 2.68. The Morgan fingerprint density at radius 1 is 1.22 bits per heavy atom. The second kappa shape index (κ2) is 4.30. The van der Waals surface area contributed by atoms with Crippen molar-refractivity contribution in [1.82, 2.24) is 5.32 Å². The highest BCUT2D eigenvalue weighted by molar-refractivity contribution is 5.35. The average molecular weight is 253 g/mol. The lowest BCUT2D eigenvalue weighted by molar-refractivity contribution is 0.149. The molecule has 0 aromatic heterocycles. The van der Waals surface area contributed by atoms with Gasteiger partial charge in [0.15, 0.2) is 0 Å². The third kappa shape index (κ3) is 1.85. The molecule has 18 heavy (non-hydrogen) atoms. The van der Waals surface area contributed by atoms with Gasteiger partial charge in [0.1, 0.15) is 11.6 Å². The Labute approximate surface area is 108 Å². The van der Waals surface area contributed by atoms with Crippen molar-refractivity contribution >= 4 is 0 Å². The van der Waals surface area contributed by atoms with Gasteiger partial charge in [-0.1, -0.05) is 26.8 Å². The van der Waals surface area contributed by atoms with Gasteiger partial charge in [-0.05, 0) is 43.4 Å². The van der Waals surface area contributed by atoms with E-state index in [9.17, 15) is 8.78 Å². The van der Waals surface area contributed by atoms with Crippen molar-refractivity contribution in [3.63, 3.8) is 0 Å². The van der Waals surface area contributed by atoms with E-state index in [-0.39, 0.29) is 11.0 Å². The van der Waals surface area contributed by atoms with Crippen LogP contribution in [0.4, 0.5) is 8.78 Å². The SMILES string of the molecule is Cc1ccc(F)c(C2(C(C)(C)C)CCCN2)c1F. The first-order valence-electron chi connectivity index (χ1n) is 6.50. The monoisotopic (exact) mass is 253 g/mol. The summed E-state index contributed by atoms with van der Waals surface area (Å²) in [5.74, 6) is -0.846. The van der Waals surface area contributed by atoms with E-state index < -0.39 is 17.2 Å². The smallest absolute Gasteiger partial charge is 0.134 e. The molecule has 1 aromatic rings. The van der Waals surface area contributed by atoms with Crippen LogP contribution in [0, 0.1) is 24.0 Å². The maximum absolute atomic E-state index is 14.4. The molecule has 3 heteroatoms. The van der Waals surface area contributed by atoms with Crippen LogP contribution in [0.1, 0.15) is 44.7 Å². The molecule has 1 atom stereocenters. The van der Waals surface area contributed by atoms with Gasteiger partial charge in [-0.15, -0.1) is 0 Å². The van der Waals surface area contributed by atoms with E-state index in [1.165, 1.54) is 12.1 Å². The number of rotatable bonds is 1. The Morgan fingerprint density at radius 3 is 2.39 bits per heavy atom. The molecule has 2 rings (SSSR count). The first-order valence-corrected chi connectivity index (χ1v) is 6.50. The molecule has 0 saturated carbocycles. The molecule has 1 N–H and O–H groups in total. The van der Waals surface area contributed by atoms with Crippen molar-refractivity contribution in [2.75, 3.05) is 6.54 Å². The molecular weight excluding hydrogens is 232 g/mol. The summed E-state index contributed by atoms with van der Waals surface area (Å²) in [6, 6.07) is 2.88. The summed E-state index contributed by atoms with van der Waals surface area (Å²) in [6.07, 6.45) is 1.72. The van der Waals surface area contributed by atoms with Crippen molar-refractivity contribution in [3.8, 4) is 0 Å². The summed E-state index contributed by atoms with van der Waals surface area (Å²) >= 11 is 0. The van der Waals surface area contributed by atoms with E-state index in [0.29, 0.717) is 5.56 Å². The maximum Gasteiger partial charge on any atom is 0.134 e. The number of hydrogen-bond donors (Lipinski definition) is 1. The van der Waals surface area contributed by atoms with Gasteiger partial charge in [-0.25, -0.2) is 8.78 Å². The van der Waals surface area contributed by atoms with E-state index in [1.807, 2.05) is 20.8 Å². The van der Waals surface area contributed by atoms with Crippen molar-refractivity contribution in [2.24, 2.45) is 5.41 Å². The van der Waals surface area contributed by atoms with Crippen LogP contribution in [0.15, 0.2) is 12.1 Å². The topological polar surface area (TPSA) is 12.0 Å². The molecule has 1 nitrogen and oxygen atoms in total. The summed E-state index contributed by atoms with van der Waals surface area (Å²) in [7, 11) is 0. The van der Waals surface area contributed by atoms with Crippen LogP contribution in [0.2, 0.25) is 0 Å². The van der Waals surface area contributed by atoms with Gasteiger partial charge >= 0.3 is 0 Å². The van der Waals surface area contributed by atoms with Crippen molar-refractivity contribution < 1.29 is 8.78 Å². The minimum atomic E-state index is -0.604. The predicted molar refractivity (Wildman–Crippen MR) is 69.5 cm³/mol. The second-order valence-corrected chi connectivity index (χ2v) is 6.24. The highest BCUT2D eigenvalue weighted by atomic mass is 19.1. The van der Waals surface area contributed by atoms with Crippen LogP contribution in [-0.4, -0.2) is 6.54 Å². The van der Waals surface area contributed by atoms with Gasteiger partial charge in [0.05, 0.1) is 5.54 Å². The zero-order chi connectivity index (χ0) is 13.6. The van der Waals surface area contributed by atoms with Crippen LogP contribution in [0.25, 0.3) is 0 Å². The number of hydrogen-bond acceptors (Lipinski definition) is 1. The lowest BCUT2D eigenvalue weighted by Crippen LogP contribution is -2.49. The fraction of sp³-hybridized carbons (Fsp3) is 0.600. The normalized spacial score (nSPS) is 24.6. The largest absolute Gasteiger partial charge is 0.307 e. The maximum atomic E-state index is 14.4. The zero-order valence-electron chi connectivity index (χ0n) is 11.5. The summed E-state index contributed by atoms with van der Waals surface area (Å²) in [5.41, 5.74) is -0.122. The van der Waals surface area contributed by atoms with Crippen LogP contribution in [-0.2, 0) is 5.54 Å². The molecule has 0 radical (unpaired) electrons. The van der Waals surface area contributed by atoms with E-state index >= 15 is 0 Å². The van der Waals surface area contributed by atoms with Gasteiger partial charge < -0.3 is 5.32 Å². The summed E-state index contributed by atoms with van der Waals surface area (Å²) in [4.78, 5) is 0. The molecule has 0 amide bonds. The third-order valence-electron chi connectivity index (χ3n) is 4.15. The molecule has 0 bridgehead atoms. The van der Waals surface area contributed by atoms with Crippen LogP contribution in [0.3, 0.4) is 0 Å². The zero-order valence-corrected chi connectivity index (χ0v) is 11.5. The molecule has 100 valence electrons. The van der Waals surface area contributed by atoms with Gasteiger partial charge in [0.25, 0.3) is 0 Å². The molecule has 1 heterocycles. The average Bonchev–Trinajstić information content (AvgIpc) is 2.74. The Kier molecular flexibility index (Phi) is 3.22. The second-order valence-electron chi connectivity index (χ2n) is 6.24. The quantitative estimate of drug-likeness (QED) is 0.800. The number of aryl methyl sites for hydroxylation is 1. The fourth-order valence-electron chi connectivity index (χ4n) is 3.02. The van der Waals surface area contributed by atoms with Gasteiger partial charge in [-0.2, -0.15) is 0 Å². The van der Waals surface area contributed by atoms with Gasteiger partial charge in [-0.3, -0.25) is 0 Å². The molecule has 1 aliphatic heterocycles. The van der Waals surface area contributed by atoms with E-state index in [4.69, 9.17) is 0 Å². The Morgan fingerprint density at radius 2 is 1.89 bits per heavy atom. The Hall–Kier alpha value is -0.960. The fourth-order valence-corrected chi connectivity index (χ4v) is 3.02. The minimum Gasteiger partial charge on any atom is -0.307 e. The summed E-state index contributed by atoms with van der Waals surface area (Å²) < 4.78 is 28.6. The van der Waals surface area contributed by atoms with Crippen LogP contribution in [0.5, 0.6) is 0 Å². The number of benzene rings is 1. The predicted octanol–water partition coefficient (Wildman–Crippen LogP) is 3.90. The first-order chi connectivity index (χ1) is 8.29. The summed E-state index contributed by atoms with van der Waals surface area (Å²) in [6.45, 7) is 8.60. The van der Waals surface area contributed by atoms with Crippen molar-refractivity contribution in [3.05, 3.63) is 34.9 Å². The van der Waals surface area contributed by atoms with E-state index in [1.54, 1.807) is 6.92 Å². The molecule has 1 unspecified atom stereocenters. The van der Waals surface area contributed by atoms with Gasteiger partial charge in [0, 0.05) is 5.56 Å². The highest BCUT2D eigenvalue weighted by Crippen LogP contribution is 2.47. The molecule has 1 aliphatic rings. The molecular formula is C15H21F2N. The van der Waals surface area contributed by atoms with Crippen LogP contribution < -0.4 is 5.32 Å². The van der Waals surface area contributed by atoms with E-state index in [0.717, 1.165) is 19.4 Å². The van der Waals surface area contributed by atoms with Crippen LogP contribution >= 0.6 is 0 Å². The lowest BCUT2D eigenvalue weighted by atomic mass is 9.68. The molecule has 0 spiro atoms. The number of nitrogens with one attached hydrogen (secondary N) is 1. The molecule has 1 aromatic carbocycles. The summed E-state index contributed by atoms with van der Waals surface area (Å²) in [5, 5.41) is 3.36. The molecule has 0 aliphatic carbocycles. The lowest BCUT2D eigenvalue weighted by Gasteiger charge is -2.43. The Bertz CT molecular complexity index is 454. The highest BCUT2D eigenvalue weighted by Gasteiger charge is 2.48. The van der Waals surface area contributed by atoms with Crippen molar-refractivity contribution in [1.29, 1.82) is 0 Å². The van der Waals surface area contributed by atoms with E-state index in [2.05, 4.69) is 5.32 Å². The third-order valence-corrected chi connectivity index (χ3v) is 4.15. The number of halogens is 2. The standard InChI is InChI=1S/C15H21F2N/c1-10-6-7-11(16)12(13(10)17)15(14(2,3)4)8-5-9-18-15/h6-7,18H,5,8-9H2,1-4H3. The van der Waals surface area contributed by atoms with Gasteiger partial charge in [0.2, 0.25) is 0 Å². The first kappa shape index (κ1) is 13.5. The van der Waals surface area contributed by atoms with Crippen molar-refractivity contribution in [2.45, 2.75) is 46.1 Å². The molecule has 1 saturated heterocycles. The minimum absolute atomic E-state index is 0.215.